The summed E-state index contributed by atoms with van der Waals surface area (Å²) in [7, 11) is 0. The minimum absolute atomic E-state index is 0.755. The highest BCUT2D eigenvalue weighted by Gasteiger charge is 2.27. The van der Waals surface area contributed by atoms with Crippen LogP contribution in [0.15, 0.2) is 181 Å². The van der Waals surface area contributed by atoms with Gasteiger partial charge in [-0.2, -0.15) is 0 Å². The molecule has 0 fully saturated rings. The van der Waals surface area contributed by atoms with E-state index < -0.39 is 0 Å². The maximum absolute atomic E-state index is 6.92. The second kappa shape index (κ2) is 10.6. The van der Waals surface area contributed by atoms with Crippen LogP contribution in [-0.4, -0.2) is 0 Å². The van der Waals surface area contributed by atoms with Gasteiger partial charge in [0.25, 0.3) is 0 Å². The summed E-state index contributed by atoms with van der Waals surface area (Å²) in [6.45, 7) is 0. The van der Waals surface area contributed by atoms with Crippen molar-refractivity contribution in [1.29, 1.82) is 0 Å². The van der Waals surface area contributed by atoms with E-state index in [9.17, 15) is 0 Å². The van der Waals surface area contributed by atoms with Gasteiger partial charge in [0.15, 0.2) is 5.58 Å². The molecule has 53 heavy (non-hydrogen) atoms. The normalized spacial score (nSPS) is 12.2. The van der Waals surface area contributed by atoms with Gasteiger partial charge in [-0.05, 0) is 66.2 Å². The van der Waals surface area contributed by atoms with Crippen LogP contribution in [0.4, 0.5) is 17.1 Å². The molecule has 0 atom stereocenters. The Bertz CT molecular complexity index is 3410. The number of rotatable bonds is 4. The van der Waals surface area contributed by atoms with Gasteiger partial charge in [-0.1, -0.05) is 97.1 Å². The number of hydrogen-bond donors (Lipinski definition) is 0. The summed E-state index contributed by atoms with van der Waals surface area (Å²) in [5.41, 5.74) is 11.3. The molecule has 0 spiro atoms. The van der Waals surface area contributed by atoms with Gasteiger partial charge >= 0.3 is 0 Å². The lowest BCUT2D eigenvalue weighted by atomic mass is 9.99. The predicted molar refractivity (Wildman–Crippen MR) is 216 cm³/mol. The first-order valence-electron chi connectivity index (χ1n) is 17.7. The van der Waals surface area contributed by atoms with E-state index in [2.05, 4.69) is 120 Å². The lowest BCUT2D eigenvalue weighted by Gasteiger charge is -2.26. The average molecular weight is 682 g/mol. The fraction of sp³-hybridized carbons (Fsp3) is 0. The molecule has 5 heteroatoms. The smallest absolute Gasteiger partial charge is 0.159 e. The highest BCUT2D eigenvalue weighted by Crippen LogP contribution is 2.51. The Balaban J connectivity index is 1.24. The van der Waals surface area contributed by atoms with Gasteiger partial charge in [-0.15, -0.1) is 0 Å². The SMILES string of the molecule is c1ccc(-c2ccc(N(c3ccc4c(c3)oc3ccccc34)c3cccc4c3oc3ccccc34)c3c2oc2ccc4c5ccccc5oc4c23)cc1. The Labute approximate surface area is 301 Å². The Morgan fingerprint density at radius 2 is 0.906 bits per heavy atom. The highest BCUT2D eigenvalue weighted by molar-refractivity contribution is 6.27. The zero-order valence-corrected chi connectivity index (χ0v) is 28.2. The van der Waals surface area contributed by atoms with Crippen molar-refractivity contribution in [3.05, 3.63) is 164 Å². The summed E-state index contributed by atoms with van der Waals surface area (Å²) in [4.78, 5) is 2.28. The van der Waals surface area contributed by atoms with E-state index in [1.165, 1.54) is 0 Å². The third-order valence-corrected chi connectivity index (χ3v) is 10.7. The van der Waals surface area contributed by atoms with E-state index in [0.717, 1.165) is 116 Å². The van der Waals surface area contributed by atoms with E-state index in [0.29, 0.717) is 0 Å². The molecule has 0 saturated heterocycles. The van der Waals surface area contributed by atoms with Crippen LogP contribution in [0.25, 0.3) is 98.9 Å². The number of hydrogen-bond acceptors (Lipinski definition) is 5. The molecule has 8 aromatic carbocycles. The van der Waals surface area contributed by atoms with Crippen LogP contribution in [-0.2, 0) is 0 Å². The molecule has 0 unspecified atom stereocenters. The molecule has 0 aliphatic rings. The summed E-state index contributed by atoms with van der Waals surface area (Å²) >= 11 is 0. The van der Waals surface area contributed by atoms with Crippen LogP contribution in [0.3, 0.4) is 0 Å². The molecule has 0 N–H and O–H groups in total. The first-order valence-corrected chi connectivity index (χ1v) is 17.7. The lowest BCUT2D eigenvalue weighted by molar-refractivity contribution is 0.663. The second-order valence-corrected chi connectivity index (χ2v) is 13.6. The molecule has 0 aliphatic heterocycles. The van der Waals surface area contributed by atoms with Gasteiger partial charge in [0.1, 0.15) is 39.1 Å². The molecule has 0 aliphatic carbocycles. The first-order chi connectivity index (χ1) is 26.3. The van der Waals surface area contributed by atoms with Crippen LogP contribution < -0.4 is 4.90 Å². The Hall–Kier alpha value is -7.24. The number of nitrogens with zero attached hydrogens (tertiary/aromatic N) is 1. The monoisotopic (exact) mass is 681 g/mol. The zero-order chi connectivity index (χ0) is 34.6. The fourth-order valence-corrected chi connectivity index (χ4v) is 8.32. The van der Waals surface area contributed by atoms with Gasteiger partial charge in [-0.25, -0.2) is 0 Å². The molecular formula is C48H27NO4. The van der Waals surface area contributed by atoms with E-state index in [4.69, 9.17) is 17.7 Å². The van der Waals surface area contributed by atoms with Crippen molar-refractivity contribution >= 4 is 105 Å². The fourth-order valence-electron chi connectivity index (χ4n) is 8.32. The highest BCUT2D eigenvalue weighted by atomic mass is 16.3. The largest absolute Gasteiger partial charge is 0.456 e. The van der Waals surface area contributed by atoms with Crippen molar-refractivity contribution in [2.45, 2.75) is 0 Å². The number of para-hydroxylation sites is 4. The van der Waals surface area contributed by atoms with Crippen LogP contribution in [0.1, 0.15) is 0 Å². The topological polar surface area (TPSA) is 55.8 Å². The Morgan fingerprint density at radius 1 is 0.321 bits per heavy atom. The van der Waals surface area contributed by atoms with Crippen LogP contribution in [0.5, 0.6) is 0 Å². The standard InChI is InChI=1S/C48H27NO4/c1-2-11-28(12-3-1)30-23-25-37(44-45-42(53-47(30)44)26-24-36-33-15-6-9-20-41(33)52-48(36)45)49(29-21-22-34-31-13-4-7-18-39(31)50-43(34)27-29)38-17-10-16-35-32-14-5-8-19-40(32)51-46(35)38/h1-27H. The first kappa shape index (κ1) is 28.5. The van der Waals surface area contributed by atoms with Gasteiger partial charge < -0.3 is 22.6 Å². The number of benzene rings is 8. The minimum atomic E-state index is 0.755. The van der Waals surface area contributed by atoms with Crippen molar-refractivity contribution in [2.24, 2.45) is 0 Å². The maximum atomic E-state index is 6.92. The summed E-state index contributed by atoms with van der Waals surface area (Å²) in [6, 6.07) is 56.4. The predicted octanol–water partition coefficient (Wildman–Crippen LogP) is 14.4. The third-order valence-electron chi connectivity index (χ3n) is 10.7. The Morgan fingerprint density at radius 3 is 1.68 bits per heavy atom. The van der Waals surface area contributed by atoms with Crippen molar-refractivity contribution in [1.82, 2.24) is 0 Å². The number of furan rings is 4. The van der Waals surface area contributed by atoms with Crippen LogP contribution in [0.2, 0.25) is 0 Å². The molecule has 4 heterocycles. The number of fused-ring (bicyclic) bond motifs is 13. The second-order valence-electron chi connectivity index (χ2n) is 13.6. The maximum Gasteiger partial charge on any atom is 0.159 e. The molecule has 0 bridgehead atoms. The summed E-state index contributed by atoms with van der Waals surface area (Å²) in [6.07, 6.45) is 0. The van der Waals surface area contributed by atoms with Crippen LogP contribution in [0, 0.1) is 0 Å². The molecule has 0 radical (unpaired) electrons. The lowest BCUT2D eigenvalue weighted by Crippen LogP contribution is -2.10. The van der Waals surface area contributed by atoms with Crippen molar-refractivity contribution in [3.63, 3.8) is 0 Å². The van der Waals surface area contributed by atoms with Gasteiger partial charge in [-0.3, -0.25) is 0 Å². The van der Waals surface area contributed by atoms with E-state index in [1.807, 2.05) is 48.5 Å². The molecule has 12 aromatic rings. The van der Waals surface area contributed by atoms with Gasteiger partial charge in [0.05, 0.1) is 27.8 Å². The quantitative estimate of drug-likeness (QED) is 0.185. The molecule has 12 rings (SSSR count). The van der Waals surface area contributed by atoms with Crippen LogP contribution >= 0.6 is 0 Å². The summed E-state index contributed by atoms with van der Waals surface area (Å²) in [5.74, 6) is 0. The zero-order valence-electron chi connectivity index (χ0n) is 28.2. The van der Waals surface area contributed by atoms with Crippen molar-refractivity contribution in [2.75, 3.05) is 4.90 Å². The molecule has 0 amide bonds. The van der Waals surface area contributed by atoms with Crippen molar-refractivity contribution in [3.8, 4) is 11.1 Å². The molecular weight excluding hydrogens is 655 g/mol. The Kier molecular flexibility index (Phi) is 5.71. The van der Waals surface area contributed by atoms with E-state index in [1.54, 1.807) is 0 Å². The molecule has 248 valence electrons. The minimum Gasteiger partial charge on any atom is -0.456 e. The number of anilines is 3. The van der Waals surface area contributed by atoms with E-state index in [-0.39, 0.29) is 0 Å². The van der Waals surface area contributed by atoms with Gasteiger partial charge in [0, 0.05) is 43.9 Å². The molecule has 5 nitrogen and oxygen atoms in total. The van der Waals surface area contributed by atoms with Crippen molar-refractivity contribution < 1.29 is 17.7 Å². The molecule has 0 saturated carbocycles. The average Bonchev–Trinajstić information content (AvgIpc) is 3.98. The summed E-state index contributed by atoms with van der Waals surface area (Å²) < 4.78 is 26.8. The van der Waals surface area contributed by atoms with E-state index >= 15 is 0 Å². The third kappa shape index (κ3) is 4.02. The molecule has 4 aromatic heterocycles. The summed E-state index contributed by atoms with van der Waals surface area (Å²) in [5, 5.41) is 8.24. The van der Waals surface area contributed by atoms with Gasteiger partial charge in [0.2, 0.25) is 0 Å².